The number of anilines is 1. The first-order valence-corrected chi connectivity index (χ1v) is 9.27. The molecule has 1 aromatic rings. The topological polar surface area (TPSA) is 41.6 Å². The maximum absolute atomic E-state index is 13.1. The molecule has 24 heavy (non-hydrogen) atoms. The lowest BCUT2D eigenvalue weighted by Crippen LogP contribution is -2.50. The molecule has 3 aliphatic rings. The van der Waals surface area contributed by atoms with Gasteiger partial charge in [0.25, 0.3) is 0 Å². The first-order chi connectivity index (χ1) is 11.5. The minimum Gasteiger partial charge on any atom is -0.381 e. The molecule has 2 heterocycles. The van der Waals surface area contributed by atoms with Gasteiger partial charge in [-0.2, -0.15) is 0 Å². The summed E-state index contributed by atoms with van der Waals surface area (Å²) >= 11 is 0. The van der Waals surface area contributed by atoms with Crippen LogP contribution in [0.4, 0.5) is 10.5 Å². The third kappa shape index (κ3) is 2.52. The first-order valence-electron chi connectivity index (χ1n) is 9.27. The predicted octanol–water partition coefficient (Wildman–Crippen LogP) is 3.84. The number of urea groups is 1. The van der Waals surface area contributed by atoms with E-state index in [9.17, 15) is 4.79 Å². The van der Waals surface area contributed by atoms with E-state index in [-0.39, 0.29) is 22.9 Å². The highest BCUT2D eigenvalue weighted by Crippen LogP contribution is 2.47. The van der Waals surface area contributed by atoms with Gasteiger partial charge in [0.05, 0.1) is 0 Å². The molecule has 1 aromatic carbocycles. The molecule has 1 saturated heterocycles. The molecule has 0 unspecified atom stereocenters. The number of fused-ring (bicyclic) bond motifs is 2. The van der Waals surface area contributed by atoms with Crippen molar-refractivity contribution in [1.82, 2.24) is 5.32 Å². The second-order valence-corrected chi connectivity index (χ2v) is 8.38. The van der Waals surface area contributed by atoms with Gasteiger partial charge in [-0.3, -0.25) is 4.90 Å². The zero-order valence-corrected chi connectivity index (χ0v) is 14.8. The van der Waals surface area contributed by atoms with E-state index in [1.54, 1.807) is 0 Å². The summed E-state index contributed by atoms with van der Waals surface area (Å²) in [6.07, 6.45) is 5.49. The van der Waals surface area contributed by atoms with Crippen LogP contribution in [0.3, 0.4) is 0 Å². The molecule has 1 aliphatic carbocycles. The van der Waals surface area contributed by atoms with Crippen molar-refractivity contribution >= 4 is 11.7 Å². The average molecular weight is 328 g/mol. The molecule has 0 aromatic heterocycles. The fourth-order valence-electron chi connectivity index (χ4n) is 4.82. The van der Waals surface area contributed by atoms with E-state index in [1.807, 2.05) is 11.0 Å². The average Bonchev–Trinajstić information content (AvgIpc) is 3.07. The lowest BCUT2D eigenvalue weighted by Gasteiger charge is -2.34. The quantitative estimate of drug-likeness (QED) is 0.851. The SMILES string of the molecule is CC1(C)CCC[C@@H]1NC(=O)N1CC2(CCOCC2)c2ccccc21. The summed E-state index contributed by atoms with van der Waals surface area (Å²) in [6, 6.07) is 8.79. The smallest absolute Gasteiger partial charge is 0.322 e. The van der Waals surface area contributed by atoms with Crippen molar-refractivity contribution in [3.05, 3.63) is 29.8 Å². The maximum Gasteiger partial charge on any atom is 0.322 e. The summed E-state index contributed by atoms with van der Waals surface area (Å²) in [4.78, 5) is 15.0. The first kappa shape index (κ1) is 15.9. The zero-order valence-electron chi connectivity index (χ0n) is 14.8. The van der Waals surface area contributed by atoms with Crippen LogP contribution in [0.25, 0.3) is 0 Å². The Labute approximate surface area is 144 Å². The van der Waals surface area contributed by atoms with E-state index in [4.69, 9.17) is 4.74 Å². The van der Waals surface area contributed by atoms with Crippen LogP contribution >= 0.6 is 0 Å². The minimum atomic E-state index is 0.0748. The second-order valence-electron chi connectivity index (χ2n) is 8.38. The molecule has 0 radical (unpaired) electrons. The molecular weight excluding hydrogens is 300 g/mol. The molecule has 1 N–H and O–H groups in total. The molecule has 2 aliphatic heterocycles. The van der Waals surface area contributed by atoms with Crippen LogP contribution in [-0.2, 0) is 10.2 Å². The largest absolute Gasteiger partial charge is 0.381 e. The molecule has 0 bridgehead atoms. The Balaban J connectivity index is 1.59. The van der Waals surface area contributed by atoms with Gasteiger partial charge >= 0.3 is 6.03 Å². The number of ether oxygens (including phenoxy) is 1. The second kappa shape index (κ2) is 5.76. The highest BCUT2D eigenvalue weighted by molar-refractivity contribution is 5.95. The van der Waals surface area contributed by atoms with E-state index < -0.39 is 0 Å². The van der Waals surface area contributed by atoms with Crippen LogP contribution in [0.5, 0.6) is 0 Å². The molecule has 4 heteroatoms. The molecule has 2 amide bonds. The van der Waals surface area contributed by atoms with E-state index >= 15 is 0 Å². The number of nitrogens with zero attached hydrogens (tertiary/aromatic N) is 1. The lowest BCUT2D eigenvalue weighted by molar-refractivity contribution is 0.0555. The summed E-state index contributed by atoms with van der Waals surface area (Å²) in [5.74, 6) is 0. The van der Waals surface area contributed by atoms with Crippen molar-refractivity contribution in [1.29, 1.82) is 0 Å². The Morgan fingerprint density at radius 2 is 1.96 bits per heavy atom. The van der Waals surface area contributed by atoms with Gasteiger partial charge in [0.2, 0.25) is 0 Å². The van der Waals surface area contributed by atoms with Crippen LogP contribution in [0.15, 0.2) is 24.3 Å². The third-order valence-corrected chi connectivity index (χ3v) is 6.48. The Kier molecular flexibility index (Phi) is 3.83. The number of amides is 2. The van der Waals surface area contributed by atoms with Crippen molar-refractivity contribution in [2.45, 2.75) is 57.4 Å². The van der Waals surface area contributed by atoms with Gasteiger partial charge in [0.15, 0.2) is 0 Å². The molecular formula is C20H28N2O2. The summed E-state index contributed by atoms with van der Waals surface area (Å²) in [6.45, 7) is 6.90. The van der Waals surface area contributed by atoms with Crippen LogP contribution in [0.2, 0.25) is 0 Å². The van der Waals surface area contributed by atoms with Crippen molar-refractivity contribution < 1.29 is 9.53 Å². The van der Waals surface area contributed by atoms with Gasteiger partial charge in [-0.1, -0.05) is 38.5 Å². The standard InChI is InChI=1S/C20H28N2O2/c1-19(2)9-5-8-17(19)21-18(23)22-14-20(10-12-24-13-11-20)15-6-3-4-7-16(15)22/h3-4,6-7,17H,5,8-14H2,1-2H3,(H,21,23)/t17-/m0/s1. The number of hydrogen-bond acceptors (Lipinski definition) is 2. The minimum absolute atomic E-state index is 0.0748. The van der Waals surface area contributed by atoms with Crippen LogP contribution in [-0.4, -0.2) is 31.8 Å². The summed E-state index contributed by atoms with van der Waals surface area (Å²) < 4.78 is 5.58. The highest BCUT2D eigenvalue weighted by atomic mass is 16.5. The monoisotopic (exact) mass is 328 g/mol. The Hall–Kier alpha value is -1.55. The normalized spacial score (nSPS) is 27.2. The molecule has 4 rings (SSSR count). The van der Waals surface area contributed by atoms with E-state index in [0.717, 1.165) is 44.7 Å². The zero-order chi connectivity index (χ0) is 16.8. The van der Waals surface area contributed by atoms with Crippen molar-refractivity contribution in [2.75, 3.05) is 24.7 Å². The number of nitrogens with one attached hydrogen (secondary N) is 1. The number of benzene rings is 1. The van der Waals surface area contributed by atoms with E-state index in [0.29, 0.717) is 0 Å². The van der Waals surface area contributed by atoms with Crippen LogP contribution in [0, 0.1) is 5.41 Å². The molecule has 1 spiro atoms. The summed E-state index contributed by atoms with van der Waals surface area (Å²) in [5, 5.41) is 3.33. The van der Waals surface area contributed by atoms with Crippen molar-refractivity contribution in [3.8, 4) is 0 Å². The maximum atomic E-state index is 13.1. The van der Waals surface area contributed by atoms with Gasteiger partial charge in [-0.05, 0) is 42.7 Å². The fraction of sp³-hybridized carbons (Fsp3) is 0.650. The molecule has 4 nitrogen and oxygen atoms in total. The van der Waals surface area contributed by atoms with Crippen LogP contribution < -0.4 is 10.2 Å². The van der Waals surface area contributed by atoms with Gasteiger partial charge in [0.1, 0.15) is 0 Å². The molecule has 1 saturated carbocycles. The van der Waals surface area contributed by atoms with Crippen molar-refractivity contribution in [2.24, 2.45) is 5.41 Å². The Morgan fingerprint density at radius 3 is 2.67 bits per heavy atom. The third-order valence-electron chi connectivity index (χ3n) is 6.48. The highest BCUT2D eigenvalue weighted by Gasteiger charge is 2.46. The molecule has 130 valence electrons. The Bertz CT molecular complexity index is 634. The number of carbonyl (C=O) groups excluding carboxylic acids is 1. The summed E-state index contributed by atoms with van der Waals surface area (Å²) in [5.41, 5.74) is 2.70. The fourth-order valence-corrected chi connectivity index (χ4v) is 4.82. The number of carbonyl (C=O) groups is 1. The van der Waals surface area contributed by atoms with Gasteiger partial charge in [-0.15, -0.1) is 0 Å². The van der Waals surface area contributed by atoms with Gasteiger partial charge < -0.3 is 10.1 Å². The Morgan fingerprint density at radius 1 is 1.21 bits per heavy atom. The molecule has 1 atom stereocenters. The van der Waals surface area contributed by atoms with Gasteiger partial charge in [-0.25, -0.2) is 4.79 Å². The summed E-state index contributed by atoms with van der Waals surface area (Å²) in [7, 11) is 0. The number of para-hydroxylation sites is 1. The van der Waals surface area contributed by atoms with Crippen LogP contribution in [0.1, 0.15) is 51.5 Å². The molecule has 2 fully saturated rings. The number of rotatable bonds is 1. The lowest BCUT2D eigenvalue weighted by atomic mass is 9.76. The van der Waals surface area contributed by atoms with E-state index in [2.05, 4.69) is 37.4 Å². The number of hydrogen-bond donors (Lipinski definition) is 1. The van der Waals surface area contributed by atoms with E-state index in [1.165, 1.54) is 18.4 Å². The van der Waals surface area contributed by atoms with Crippen molar-refractivity contribution in [3.63, 3.8) is 0 Å². The van der Waals surface area contributed by atoms with Gasteiger partial charge in [0, 0.05) is 36.9 Å². The predicted molar refractivity (Wildman–Crippen MR) is 95.5 cm³/mol.